The van der Waals surface area contributed by atoms with Crippen molar-refractivity contribution in [2.75, 3.05) is 31.3 Å². The Morgan fingerprint density at radius 1 is 0.957 bits per heavy atom. The highest BCUT2D eigenvalue weighted by molar-refractivity contribution is 6.04. The SMILES string of the molecule is O=CC1CCCN1C(=O)COC1(CCc2ccc(C3C(CCC(=O)c4ccc(F)cc4)C(=O)N3c3ccc(F)cc3)cc2)COC1. The van der Waals surface area contributed by atoms with E-state index in [1.165, 1.54) is 36.4 Å². The normalized spacial score (nSPS) is 21.9. The van der Waals surface area contributed by atoms with Crippen LogP contribution in [0.2, 0.25) is 0 Å². The van der Waals surface area contributed by atoms with Crippen LogP contribution in [-0.2, 0) is 30.3 Å². The van der Waals surface area contributed by atoms with E-state index in [2.05, 4.69) is 0 Å². The molecule has 8 nitrogen and oxygen atoms in total. The van der Waals surface area contributed by atoms with Crippen LogP contribution in [0.4, 0.5) is 14.5 Å². The molecule has 3 saturated heterocycles. The summed E-state index contributed by atoms with van der Waals surface area (Å²) in [6.45, 7) is 1.26. The van der Waals surface area contributed by atoms with Crippen LogP contribution in [0, 0.1) is 17.6 Å². The van der Waals surface area contributed by atoms with Crippen molar-refractivity contribution in [1.82, 2.24) is 4.90 Å². The number of hydrogen-bond donors (Lipinski definition) is 0. The number of carbonyl (C=O) groups is 4. The predicted molar refractivity (Wildman–Crippen MR) is 165 cm³/mol. The fraction of sp³-hybridized carbons (Fsp3) is 0.389. The van der Waals surface area contributed by atoms with Gasteiger partial charge in [0.05, 0.1) is 31.2 Å². The van der Waals surface area contributed by atoms with E-state index in [9.17, 15) is 28.0 Å². The Morgan fingerprint density at radius 2 is 1.63 bits per heavy atom. The number of anilines is 1. The van der Waals surface area contributed by atoms with E-state index in [-0.39, 0.29) is 42.7 Å². The van der Waals surface area contributed by atoms with Gasteiger partial charge in [-0.25, -0.2) is 8.78 Å². The molecule has 0 radical (unpaired) electrons. The topological polar surface area (TPSA) is 93.2 Å². The number of aryl methyl sites for hydroxylation is 1. The molecule has 0 saturated carbocycles. The Bertz CT molecular complexity index is 1570. The standard InChI is InChI=1S/C36H36F2N2O6/c37-27-9-7-25(8-10-27)32(42)16-15-31-34(40(35(31)44)29-13-11-28(38)12-14-29)26-5-3-24(4-6-26)17-18-36(22-45-23-36)46-21-33(43)39-19-1-2-30(39)20-41/h3-14,20,30-31,34H,1-2,15-19,21-23H2. The number of benzene rings is 3. The van der Waals surface area contributed by atoms with E-state index in [1.54, 1.807) is 21.9 Å². The summed E-state index contributed by atoms with van der Waals surface area (Å²) in [5.41, 5.74) is 2.35. The van der Waals surface area contributed by atoms with Crippen molar-refractivity contribution in [3.8, 4) is 0 Å². The van der Waals surface area contributed by atoms with Gasteiger partial charge in [-0.05, 0) is 91.8 Å². The molecule has 3 aliphatic heterocycles. The molecule has 0 bridgehead atoms. The van der Waals surface area contributed by atoms with Gasteiger partial charge in [0.25, 0.3) is 0 Å². The zero-order chi connectivity index (χ0) is 32.3. The molecule has 3 aliphatic rings. The highest BCUT2D eigenvalue weighted by Crippen LogP contribution is 2.46. The Hall–Kier alpha value is -4.28. The first-order chi connectivity index (χ1) is 22.3. The number of rotatable bonds is 13. The van der Waals surface area contributed by atoms with Gasteiger partial charge in [-0.3, -0.25) is 14.4 Å². The second kappa shape index (κ2) is 13.6. The van der Waals surface area contributed by atoms with Crippen molar-refractivity contribution in [2.24, 2.45) is 5.92 Å². The third-order valence-corrected chi connectivity index (χ3v) is 9.37. The van der Waals surface area contributed by atoms with Gasteiger partial charge in [0.15, 0.2) is 5.78 Å². The van der Waals surface area contributed by atoms with Crippen LogP contribution in [0.15, 0.2) is 72.8 Å². The summed E-state index contributed by atoms with van der Waals surface area (Å²) in [7, 11) is 0. The number of Topliss-reactive ketones (excluding diaryl/α,β-unsaturated/α-hetero) is 1. The minimum atomic E-state index is -0.563. The van der Waals surface area contributed by atoms with E-state index in [0.717, 1.165) is 23.8 Å². The second-order valence-corrected chi connectivity index (χ2v) is 12.3. The zero-order valence-corrected chi connectivity index (χ0v) is 25.4. The average molecular weight is 631 g/mol. The Labute approximate surface area is 266 Å². The highest BCUT2D eigenvalue weighted by atomic mass is 19.1. The van der Waals surface area contributed by atoms with E-state index in [1.807, 2.05) is 24.3 Å². The number of ketones is 1. The quantitative estimate of drug-likeness (QED) is 0.146. The largest absolute Gasteiger partial charge is 0.375 e. The first kappa shape index (κ1) is 31.7. The number of amides is 2. The van der Waals surface area contributed by atoms with Gasteiger partial charge in [-0.1, -0.05) is 24.3 Å². The van der Waals surface area contributed by atoms with Crippen LogP contribution in [-0.4, -0.2) is 66.8 Å². The lowest BCUT2D eigenvalue weighted by molar-refractivity contribution is -0.214. The Kier molecular flexibility index (Phi) is 9.37. The molecule has 0 N–H and O–H groups in total. The van der Waals surface area contributed by atoms with Gasteiger partial charge in [-0.2, -0.15) is 0 Å². The van der Waals surface area contributed by atoms with Gasteiger partial charge >= 0.3 is 0 Å². The molecule has 0 aromatic heterocycles. The van der Waals surface area contributed by atoms with Gasteiger partial charge in [-0.15, -0.1) is 0 Å². The van der Waals surface area contributed by atoms with Crippen LogP contribution in [0.5, 0.6) is 0 Å². The molecule has 3 unspecified atom stereocenters. The van der Waals surface area contributed by atoms with E-state index in [4.69, 9.17) is 9.47 Å². The molecule has 0 spiro atoms. The third-order valence-electron chi connectivity index (χ3n) is 9.37. The zero-order valence-electron chi connectivity index (χ0n) is 25.4. The molecule has 0 aliphatic carbocycles. The monoisotopic (exact) mass is 630 g/mol. The van der Waals surface area contributed by atoms with Crippen LogP contribution in [0.3, 0.4) is 0 Å². The number of β-lactam (4-membered cyclic amide) rings is 1. The number of nitrogens with zero attached hydrogens (tertiary/aromatic N) is 2. The lowest BCUT2D eigenvalue weighted by Gasteiger charge is -2.47. The van der Waals surface area contributed by atoms with Crippen LogP contribution in [0.1, 0.15) is 59.6 Å². The molecule has 3 fully saturated rings. The first-order valence-corrected chi connectivity index (χ1v) is 15.7. The van der Waals surface area contributed by atoms with Gasteiger partial charge in [0, 0.05) is 24.2 Å². The number of aldehydes is 1. The van der Waals surface area contributed by atoms with Gasteiger partial charge < -0.3 is 24.1 Å². The molecule has 3 aromatic carbocycles. The van der Waals surface area contributed by atoms with Gasteiger partial charge in [0.1, 0.15) is 30.1 Å². The van der Waals surface area contributed by atoms with Crippen molar-refractivity contribution < 1.29 is 37.4 Å². The average Bonchev–Trinajstić information content (AvgIpc) is 3.54. The molecular formula is C36H36F2N2O6. The smallest absolute Gasteiger partial charge is 0.249 e. The molecule has 240 valence electrons. The van der Waals surface area contributed by atoms with E-state index in [0.29, 0.717) is 56.7 Å². The summed E-state index contributed by atoms with van der Waals surface area (Å²) in [6, 6.07) is 18.4. The number of likely N-dealkylation sites (tertiary alicyclic amines) is 1. The molecule has 6 rings (SSSR count). The molecular weight excluding hydrogens is 594 g/mol. The summed E-state index contributed by atoms with van der Waals surface area (Å²) in [5, 5.41) is 0. The van der Waals surface area contributed by atoms with E-state index < -0.39 is 23.2 Å². The molecule has 3 aromatic rings. The number of carbonyl (C=O) groups excluding carboxylic acids is 4. The van der Waals surface area contributed by atoms with Crippen LogP contribution in [0.25, 0.3) is 0 Å². The maximum Gasteiger partial charge on any atom is 0.249 e. The number of halogens is 2. The number of ether oxygens (including phenoxy) is 2. The summed E-state index contributed by atoms with van der Waals surface area (Å²) < 4.78 is 38.5. The molecule has 46 heavy (non-hydrogen) atoms. The summed E-state index contributed by atoms with van der Waals surface area (Å²) in [5.74, 6) is -1.75. The van der Waals surface area contributed by atoms with Crippen molar-refractivity contribution in [3.63, 3.8) is 0 Å². The summed E-state index contributed by atoms with van der Waals surface area (Å²) in [4.78, 5) is 53.4. The van der Waals surface area contributed by atoms with Crippen LogP contribution < -0.4 is 4.90 Å². The lowest BCUT2D eigenvalue weighted by Crippen LogP contribution is -2.55. The first-order valence-electron chi connectivity index (χ1n) is 15.7. The minimum absolute atomic E-state index is 0.0907. The fourth-order valence-electron chi connectivity index (χ4n) is 6.59. The van der Waals surface area contributed by atoms with Gasteiger partial charge in [0.2, 0.25) is 11.8 Å². The fourth-order valence-corrected chi connectivity index (χ4v) is 6.59. The molecule has 3 atom stereocenters. The lowest BCUT2D eigenvalue weighted by atomic mass is 9.78. The second-order valence-electron chi connectivity index (χ2n) is 12.3. The maximum atomic E-state index is 13.7. The van der Waals surface area contributed by atoms with Crippen molar-refractivity contribution in [3.05, 3.63) is 101 Å². The summed E-state index contributed by atoms with van der Waals surface area (Å²) >= 11 is 0. The minimum Gasteiger partial charge on any atom is -0.375 e. The number of hydrogen-bond acceptors (Lipinski definition) is 6. The molecule has 2 amide bonds. The van der Waals surface area contributed by atoms with Crippen molar-refractivity contribution >= 4 is 29.6 Å². The van der Waals surface area contributed by atoms with E-state index >= 15 is 0 Å². The highest BCUT2D eigenvalue weighted by Gasteiger charge is 2.48. The van der Waals surface area contributed by atoms with Crippen molar-refractivity contribution in [1.29, 1.82) is 0 Å². The summed E-state index contributed by atoms with van der Waals surface area (Å²) in [6.07, 6.45) is 4.10. The Balaban J connectivity index is 1.11. The van der Waals surface area contributed by atoms with Crippen LogP contribution >= 0.6 is 0 Å². The third kappa shape index (κ3) is 6.64. The molecule has 10 heteroatoms. The Morgan fingerprint density at radius 3 is 2.26 bits per heavy atom. The maximum absolute atomic E-state index is 13.7. The predicted octanol–water partition coefficient (Wildman–Crippen LogP) is 5.24. The van der Waals surface area contributed by atoms with Crippen molar-refractivity contribution in [2.45, 2.75) is 56.2 Å². The molecule has 3 heterocycles.